The standard InChI is InChI=1S/C5H6O.2C5H5.Zr/c1-2-3-4-5-6;2*1-2-4-5-3-1;/h1-2H,3-4H2;2*1-5H;/q-2;;;+2. The van der Waals surface area contributed by atoms with Gasteiger partial charge in [0.2, 0.25) is 0 Å². The molecule has 0 atom stereocenters. The first kappa shape index (κ1) is 19.6. The minimum atomic E-state index is 0. The zero-order valence-corrected chi connectivity index (χ0v) is 12.2. The van der Waals surface area contributed by atoms with E-state index in [1.165, 1.54) is 6.08 Å². The summed E-state index contributed by atoms with van der Waals surface area (Å²) in [7, 11) is 0. The molecule has 0 heterocycles. The van der Waals surface area contributed by atoms with Gasteiger partial charge in [-0.3, -0.25) is 12.4 Å². The molecule has 2 rings (SSSR count). The summed E-state index contributed by atoms with van der Waals surface area (Å²) in [5.41, 5.74) is 0. The van der Waals surface area contributed by atoms with Crippen molar-refractivity contribution < 1.29 is 31.0 Å². The third-order valence-electron chi connectivity index (χ3n) is 1.52. The number of hydrogen-bond donors (Lipinski definition) is 0. The smallest absolute Gasteiger partial charge is 0.542 e. The van der Waals surface area contributed by atoms with E-state index in [1.54, 1.807) is 6.29 Å². The van der Waals surface area contributed by atoms with E-state index < -0.39 is 0 Å². The summed E-state index contributed by atoms with van der Waals surface area (Å²) >= 11 is 0. The summed E-state index contributed by atoms with van der Waals surface area (Å²) in [5.74, 6) is 0. The van der Waals surface area contributed by atoms with E-state index in [-0.39, 0.29) is 26.2 Å². The summed E-state index contributed by atoms with van der Waals surface area (Å²) < 4.78 is 0. The van der Waals surface area contributed by atoms with Gasteiger partial charge in [0, 0.05) is 0 Å². The fourth-order valence-corrected chi connectivity index (χ4v) is 0.784. The van der Waals surface area contributed by atoms with E-state index in [2.05, 4.69) is 0 Å². The molecule has 1 nitrogen and oxygen atoms in total. The van der Waals surface area contributed by atoms with Crippen LogP contribution in [0.5, 0.6) is 0 Å². The molecule has 0 amide bonds. The van der Waals surface area contributed by atoms with Crippen molar-refractivity contribution in [1.29, 1.82) is 0 Å². The van der Waals surface area contributed by atoms with Crippen molar-refractivity contribution in [3.63, 3.8) is 0 Å². The van der Waals surface area contributed by atoms with Crippen molar-refractivity contribution in [2.24, 2.45) is 0 Å². The molecule has 2 fully saturated rings. The Morgan fingerprint density at radius 3 is 1.24 bits per heavy atom. The minimum absolute atomic E-state index is 0. The first-order chi connectivity index (χ1) is 7.91. The van der Waals surface area contributed by atoms with E-state index >= 15 is 0 Å². The molecule has 17 heavy (non-hydrogen) atoms. The quantitative estimate of drug-likeness (QED) is 0.579. The Morgan fingerprint density at radius 2 is 1.12 bits per heavy atom. The number of carbonyl (C=O) groups excluding carboxylic acids is 1. The first-order valence-electron chi connectivity index (χ1n) is 5.13. The minimum Gasteiger partial charge on any atom is -0.542 e. The van der Waals surface area contributed by atoms with Crippen molar-refractivity contribution in [1.82, 2.24) is 0 Å². The van der Waals surface area contributed by atoms with Crippen molar-refractivity contribution >= 4 is 6.29 Å². The van der Waals surface area contributed by atoms with Gasteiger partial charge in [-0.1, -0.05) is 6.42 Å². The van der Waals surface area contributed by atoms with E-state index in [0.29, 0.717) is 12.8 Å². The molecule has 0 aromatic carbocycles. The molecule has 0 unspecified atom stereocenters. The van der Waals surface area contributed by atoms with Crippen LogP contribution < -0.4 is 0 Å². The normalized spacial score (nSPS) is 16.7. The Bertz CT molecular complexity index is 116. The van der Waals surface area contributed by atoms with E-state index in [4.69, 9.17) is 6.58 Å². The van der Waals surface area contributed by atoms with E-state index in [0.717, 1.165) is 0 Å². The van der Waals surface area contributed by atoms with E-state index in [9.17, 15) is 4.79 Å². The van der Waals surface area contributed by atoms with Gasteiger partial charge in [0.1, 0.15) is 0 Å². The summed E-state index contributed by atoms with van der Waals surface area (Å²) in [6.07, 6.45) is 24.2. The molecule has 0 aromatic heterocycles. The van der Waals surface area contributed by atoms with Crippen molar-refractivity contribution in [2.75, 3.05) is 0 Å². The molecule has 2 aliphatic rings. The monoisotopic (exact) mass is 302 g/mol. The molecule has 86 valence electrons. The van der Waals surface area contributed by atoms with E-state index in [1.807, 2.05) is 64.2 Å². The molecular weight excluding hydrogens is 287 g/mol. The second-order valence-corrected chi connectivity index (χ2v) is 2.84. The van der Waals surface area contributed by atoms with Gasteiger partial charge in [0.05, 0.1) is 0 Å². The van der Waals surface area contributed by atoms with Crippen molar-refractivity contribution in [3.8, 4) is 0 Å². The van der Waals surface area contributed by atoms with Crippen molar-refractivity contribution in [3.05, 3.63) is 76.9 Å². The van der Waals surface area contributed by atoms with Crippen LogP contribution in [0.4, 0.5) is 0 Å². The second-order valence-electron chi connectivity index (χ2n) is 2.84. The Morgan fingerprint density at radius 1 is 0.824 bits per heavy atom. The Kier molecular flexibility index (Phi) is 21.5. The molecule has 0 N–H and O–H groups in total. The van der Waals surface area contributed by atoms with Gasteiger partial charge in [-0.2, -0.15) is 6.42 Å². The number of unbranched alkanes of at least 4 members (excludes halogenated alkanes) is 1. The third kappa shape index (κ3) is 18.8. The Hall–Kier alpha value is 0.293. The van der Waals surface area contributed by atoms with Crippen LogP contribution in [0.25, 0.3) is 0 Å². The molecule has 0 aromatic rings. The average Bonchev–Trinajstić information content (AvgIpc) is 3.00. The summed E-state index contributed by atoms with van der Waals surface area (Å²) in [6.45, 7) is 4.91. The fraction of sp³-hybridized carbons (Fsp3) is 0.133. The Balaban J connectivity index is 0. The third-order valence-corrected chi connectivity index (χ3v) is 1.52. The fourth-order valence-electron chi connectivity index (χ4n) is 0.784. The maximum absolute atomic E-state index is 9.36. The van der Waals surface area contributed by atoms with Gasteiger partial charge >= 0.3 is 26.2 Å². The van der Waals surface area contributed by atoms with Gasteiger partial charge in [-0.25, -0.2) is 0 Å². The summed E-state index contributed by atoms with van der Waals surface area (Å²) in [6, 6.07) is 0. The second kappa shape index (κ2) is 18.7. The topological polar surface area (TPSA) is 17.1 Å². The summed E-state index contributed by atoms with van der Waals surface area (Å²) in [4.78, 5) is 9.36. The maximum Gasteiger partial charge on any atom is 2.00 e. The SMILES string of the molecule is [CH-]=CCC[C-]=O.[CH]1[CH][CH][CH][CH]1.[CH]1[CH][CH][CH][CH]1.[Zr+2]. The molecule has 2 saturated carbocycles. The Labute approximate surface area is 127 Å². The first-order valence-corrected chi connectivity index (χ1v) is 5.13. The van der Waals surface area contributed by atoms with Crippen LogP contribution in [0.15, 0.2) is 6.08 Å². The largest absolute Gasteiger partial charge is 2.00 e. The number of allylic oxidation sites excluding steroid dienone is 1. The predicted octanol–water partition coefficient (Wildman–Crippen LogP) is 2.91. The van der Waals surface area contributed by atoms with Gasteiger partial charge in [0.15, 0.2) is 0 Å². The molecule has 2 aliphatic carbocycles. The number of hydrogen-bond acceptors (Lipinski definition) is 1. The van der Waals surface area contributed by atoms with Gasteiger partial charge in [0.25, 0.3) is 0 Å². The summed E-state index contributed by atoms with van der Waals surface area (Å²) in [5, 5.41) is 0. The van der Waals surface area contributed by atoms with Crippen LogP contribution in [0.1, 0.15) is 12.8 Å². The van der Waals surface area contributed by atoms with Gasteiger partial charge < -0.3 is 11.4 Å². The van der Waals surface area contributed by atoms with Crippen LogP contribution in [-0.2, 0) is 31.0 Å². The van der Waals surface area contributed by atoms with Crippen LogP contribution >= 0.6 is 0 Å². The number of rotatable bonds is 3. The van der Waals surface area contributed by atoms with Crippen LogP contribution in [0, 0.1) is 70.8 Å². The molecule has 0 saturated heterocycles. The predicted molar refractivity (Wildman–Crippen MR) is 66.8 cm³/mol. The van der Waals surface area contributed by atoms with Crippen LogP contribution in [0.3, 0.4) is 0 Å². The molecule has 2 heteroatoms. The zero-order chi connectivity index (χ0) is 11.9. The van der Waals surface area contributed by atoms with Gasteiger partial charge in [-0.05, 0) is 64.2 Å². The maximum atomic E-state index is 9.36. The van der Waals surface area contributed by atoms with Crippen LogP contribution in [-0.4, -0.2) is 6.29 Å². The zero-order valence-electron chi connectivity index (χ0n) is 9.75. The molecule has 0 spiro atoms. The van der Waals surface area contributed by atoms with Crippen molar-refractivity contribution in [2.45, 2.75) is 12.8 Å². The molecular formula is C15H16OZr. The van der Waals surface area contributed by atoms with Crippen LogP contribution in [0.2, 0.25) is 0 Å². The molecule has 10 radical (unpaired) electrons. The molecule has 0 bridgehead atoms. The molecule has 0 aliphatic heterocycles. The average molecular weight is 304 g/mol. The van der Waals surface area contributed by atoms with Gasteiger partial charge in [-0.15, -0.1) is 0 Å².